The Labute approximate surface area is 102 Å². The Kier molecular flexibility index (Phi) is 4.83. The number of nitrogens with one attached hydrogen (secondary N) is 1. The Morgan fingerprint density at radius 3 is 2.31 bits per heavy atom. The molecule has 0 unspecified atom stereocenters. The van der Waals surface area contributed by atoms with Gasteiger partial charge in [0.1, 0.15) is 0 Å². The largest absolute Gasteiger partial charge is 0.311 e. The van der Waals surface area contributed by atoms with Crippen LogP contribution in [0, 0.1) is 5.92 Å². The van der Waals surface area contributed by atoms with Gasteiger partial charge in [-0.2, -0.15) is 0 Å². The van der Waals surface area contributed by atoms with Crippen molar-refractivity contribution in [2.45, 2.75) is 64.0 Å². The molecule has 1 atom stereocenters. The highest BCUT2D eigenvalue weighted by Gasteiger charge is 2.24. The lowest BCUT2D eigenvalue weighted by atomic mass is 9.84. The maximum Gasteiger partial charge on any atom is 0.0249 e. The molecule has 1 heterocycles. The van der Waals surface area contributed by atoms with Crippen LogP contribution in [0.25, 0.3) is 0 Å². The summed E-state index contributed by atoms with van der Waals surface area (Å²) in [7, 11) is -0.520. The van der Waals surface area contributed by atoms with Gasteiger partial charge in [-0.3, -0.25) is 4.21 Å². The standard InChI is InChI=1S/C13H25NOS/c1-11(12-5-3-2-4-6-12)14-13-7-9-16(15)10-8-13/h11-14H,2-10H2,1H3/t11-,13?,16?/m1/s1. The molecule has 0 spiro atoms. The molecule has 1 aliphatic carbocycles. The van der Waals surface area contributed by atoms with Crippen LogP contribution in [0.5, 0.6) is 0 Å². The first-order valence-electron chi connectivity index (χ1n) is 6.87. The molecular formula is C13H25NOS. The molecule has 94 valence electrons. The van der Waals surface area contributed by atoms with E-state index >= 15 is 0 Å². The fraction of sp³-hybridized carbons (Fsp3) is 1.00. The molecule has 1 N–H and O–H groups in total. The van der Waals surface area contributed by atoms with Gasteiger partial charge in [-0.15, -0.1) is 0 Å². The molecule has 1 saturated carbocycles. The topological polar surface area (TPSA) is 29.1 Å². The lowest BCUT2D eigenvalue weighted by Crippen LogP contribution is -2.44. The van der Waals surface area contributed by atoms with Crippen LogP contribution in [-0.4, -0.2) is 27.8 Å². The van der Waals surface area contributed by atoms with Crippen LogP contribution in [-0.2, 0) is 10.8 Å². The van der Waals surface area contributed by atoms with Gasteiger partial charge in [-0.1, -0.05) is 19.3 Å². The van der Waals surface area contributed by atoms with Crippen LogP contribution in [0.4, 0.5) is 0 Å². The predicted octanol–water partition coefficient (Wildman–Crippen LogP) is 2.46. The van der Waals surface area contributed by atoms with Gasteiger partial charge in [0, 0.05) is 34.4 Å². The minimum atomic E-state index is -0.520. The van der Waals surface area contributed by atoms with Crippen LogP contribution in [0.2, 0.25) is 0 Å². The summed E-state index contributed by atoms with van der Waals surface area (Å²) in [6.07, 6.45) is 9.33. The van der Waals surface area contributed by atoms with Crippen molar-refractivity contribution in [2.24, 2.45) is 5.92 Å². The SMILES string of the molecule is C[C@@H](NC1CCS(=O)CC1)C1CCCCC1. The van der Waals surface area contributed by atoms with E-state index in [9.17, 15) is 4.21 Å². The molecule has 2 fully saturated rings. The molecular weight excluding hydrogens is 218 g/mol. The summed E-state index contributed by atoms with van der Waals surface area (Å²) in [6.45, 7) is 2.35. The molecule has 2 rings (SSSR count). The molecule has 3 heteroatoms. The Balaban J connectivity index is 1.73. The van der Waals surface area contributed by atoms with Crippen molar-refractivity contribution < 1.29 is 4.21 Å². The van der Waals surface area contributed by atoms with Gasteiger partial charge in [0.15, 0.2) is 0 Å². The third kappa shape index (κ3) is 3.56. The summed E-state index contributed by atoms with van der Waals surface area (Å²) in [6, 6.07) is 1.30. The van der Waals surface area contributed by atoms with Gasteiger partial charge in [-0.05, 0) is 38.5 Å². The Morgan fingerprint density at radius 2 is 1.69 bits per heavy atom. The second-order valence-corrected chi connectivity index (χ2v) is 7.17. The number of hydrogen-bond donors (Lipinski definition) is 1. The Morgan fingerprint density at radius 1 is 1.06 bits per heavy atom. The lowest BCUT2D eigenvalue weighted by molar-refractivity contribution is 0.259. The average molecular weight is 243 g/mol. The molecule has 0 aromatic rings. The molecule has 0 bridgehead atoms. The number of rotatable bonds is 3. The minimum Gasteiger partial charge on any atom is -0.311 e. The van der Waals surface area contributed by atoms with Crippen LogP contribution in [0.1, 0.15) is 51.9 Å². The van der Waals surface area contributed by atoms with Gasteiger partial charge in [0.2, 0.25) is 0 Å². The normalized spacial score (nSPS) is 34.8. The fourth-order valence-corrected chi connectivity index (χ4v) is 4.40. The highest BCUT2D eigenvalue weighted by Crippen LogP contribution is 2.27. The first kappa shape index (κ1) is 12.6. The van der Waals surface area contributed by atoms with Crippen molar-refractivity contribution in [3.63, 3.8) is 0 Å². The molecule has 0 aromatic carbocycles. The van der Waals surface area contributed by atoms with Gasteiger partial charge < -0.3 is 5.32 Å². The third-order valence-electron chi connectivity index (χ3n) is 4.24. The lowest BCUT2D eigenvalue weighted by Gasteiger charge is -2.33. The third-order valence-corrected chi connectivity index (χ3v) is 5.63. The minimum absolute atomic E-state index is 0.520. The van der Waals surface area contributed by atoms with E-state index in [1.165, 1.54) is 32.1 Å². The number of hydrogen-bond acceptors (Lipinski definition) is 2. The quantitative estimate of drug-likeness (QED) is 0.825. The second-order valence-electron chi connectivity index (χ2n) is 5.48. The Hall–Kier alpha value is 0.110. The summed E-state index contributed by atoms with van der Waals surface area (Å²) in [5.41, 5.74) is 0. The molecule has 0 radical (unpaired) electrons. The summed E-state index contributed by atoms with van der Waals surface area (Å²) in [5.74, 6) is 2.71. The van der Waals surface area contributed by atoms with E-state index in [-0.39, 0.29) is 0 Å². The molecule has 0 amide bonds. The van der Waals surface area contributed by atoms with Crippen molar-refractivity contribution in [3.8, 4) is 0 Å². The van der Waals surface area contributed by atoms with E-state index in [4.69, 9.17) is 0 Å². The first-order valence-corrected chi connectivity index (χ1v) is 8.35. The van der Waals surface area contributed by atoms with E-state index in [1.807, 2.05) is 0 Å². The molecule has 2 aliphatic rings. The fourth-order valence-electron chi connectivity index (χ4n) is 3.10. The van der Waals surface area contributed by atoms with Crippen molar-refractivity contribution in [1.29, 1.82) is 0 Å². The predicted molar refractivity (Wildman–Crippen MR) is 70.1 cm³/mol. The van der Waals surface area contributed by atoms with Crippen LogP contribution in [0.15, 0.2) is 0 Å². The van der Waals surface area contributed by atoms with E-state index in [2.05, 4.69) is 12.2 Å². The molecule has 16 heavy (non-hydrogen) atoms. The second kappa shape index (κ2) is 6.15. The van der Waals surface area contributed by atoms with Crippen LogP contribution in [0.3, 0.4) is 0 Å². The molecule has 2 nitrogen and oxygen atoms in total. The summed E-state index contributed by atoms with van der Waals surface area (Å²) < 4.78 is 11.3. The van der Waals surface area contributed by atoms with Gasteiger partial charge in [0.25, 0.3) is 0 Å². The summed E-state index contributed by atoms with van der Waals surface area (Å²) in [4.78, 5) is 0. The highest BCUT2D eigenvalue weighted by atomic mass is 32.2. The summed E-state index contributed by atoms with van der Waals surface area (Å²) in [5, 5.41) is 3.77. The van der Waals surface area contributed by atoms with E-state index in [1.54, 1.807) is 0 Å². The zero-order chi connectivity index (χ0) is 11.4. The first-order chi connectivity index (χ1) is 7.75. The van der Waals surface area contributed by atoms with E-state index in [0.717, 1.165) is 30.3 Å². The average Bonchev–Trinajstić information content (AvgIpc) is 2.33. The molecule has 0 aromatic heterocycles. The van der Waals surface area contributed by atoms with Gasteiger partial charge >= 0.3 is 0 Å². The van der Waals surface area contributed by atoms with Gasteiger partial charge in [0.05, 0.1) is 0 Å². The van der Waals surface area contributed by atoms with Crippen molar-refractivity contribution in [3.05, 3.63) is 0 Å². The zero-order valence-electron chi connectivity index (χ0n) is 10.4. The smallest absolute Gasteiger partial charge is 0.0249 e. The highest BCUT2D eigenvalue weighted by molar-refractivity contribution is 7.85. The van der Waals surface area contributed by atoms with Crippen molar-refractivity contribution in [1.82, 2.24) is 5.32 Å². The molecule has 1 saturated heterocycles. The van der Waals surface area contributed by atoms with E-state index < -0.39 is 10.8 Å². The Bertz CT molecular complexity index is 228. The van der Waals surface area contributed by atoms with Crippen molar-refractivity contribution in [2.75, 3.05) is 11.5 Å². The van der Waals surface area contributed by atoms with E-state index in [0.29, 0.717) is 12.1 Å². The maximum absolute atomic E-state index is 11.3. The zero-order valence-corrected chi connectivity index (χ0v) is 11.2. The maximum atomic E-state index is 11.3. The molecule has 1 aliphatic heterocycles. The van der Waals surface area contributed by atoms with Crippen molar-refractivity contribution >= 4 is 10.8 Å². The monoisotopic (exact) mass is 243 g/mol. The van der Waals surface area contributed by atoms with Gasteiger partial charge in [-0.25, -0.2) is 0 Å². The van der Waals surface area contributed by atoms with Crippen LogP contribution < -0.4 is 5.32 Å². The van der Waals surface area contributed by atoms with Crippen LogP contribution >= 0.6 is 0 Å². The summed E-state index contributed by atoms with van der Waals surface area (Å²) >= 11 is 0.